The number of rotatable bonds is 3. The minimum atomic E-state index is -0.249. The van der Waals surface area contributed by atoms with Crippen molar-refractivity contribution in [3.8, 4) is 0 Å². The first-order chi connectivity index (χ1) is 11.6. The lowest BCUT2D eigenvalue weighted by atomic mass is 9.96. The van der Waals surface area contributed by atoms with E-state index in [9.17, 15) is 9.59 Å². The summed E-state index contributed by atoms with van der Waals surface area (Å²) in [6.45, 7) is 3.08. The number of nitrogens with two attached hydrogens (primary N) is 1. The van der Waals surface area contributed by atoms with Gasteiger partial charge in [-0.1, -0.05) is 18.2 Å². The van der Waals surface area contributed by atoms with Crippen molar-refractivity contribution in [2.75, 3.05) is 31.1 Å². The second kappa shape index (κ2) is 7.55. The van der Waals surface area contributed by atoms with Gasteiger partial charge in [0.05, 0.1) is 0 Å². The molecule has 2 heterocycles. The zero-order chi connectivity index (χ0) is 16.9. The number of nitrogens with one attached hydrogen (secondary N) is 1. The fourth-order valence-electron chi connectivity index (χ4n) is 3.60. The molecule has 130 valence electrons. The monoisotopic (exact) mass is 330 g/mol. The number of anilines is 1. The number of amides is 3. The highest BCUT2D eigenvalue weighted by molar-refractivity contribution is 5.78. The highest BCUT2D eigenvalue weighted by Gasteiger charge is 2.28. The molecule has 6 nitrogen and oxygen atoms in total. The van der Waals surface area contributed by atoms with Gasteiger partial charge in [0.15, 0.2) is 0 Å². The number of carbonyl (C=O) groups is 2. The maximum atomic E-state index is 12.5. The van der Waals surface area contributed by atoms with Gasteiger partial charge in [0.25, 0.3) is 0 Å². The van der Waals surface area contributed by atoms with Gasteiger partial charge in [-0.15, -0.1) is 0 Å². The molecule has 0 unspecified atom stereocenters. The summed E-state index contributed by atoms with van der Waals surface area (Å²) in [5, 5.41) is 3.16. The normalized spacial score (nSPS) is 22.2. The van der Waals surface area contributed by atoms with Crippen molar-refractivity contribution in [1.82, 2.24) is 10.2 Å². The van der Waals surface area contributed by atoms with E-state index in [0.717, 1.165) is 25.9 Å². The van der Waals surface area contributed by atoms with Crippen LogP contribution in [0.3, 0.4) is 0 Å². The number of likely N-dealkylation sites (tertiary alicyclic amines) is 1. The van der Waals surface area contributed by atoms with Gasteiger partial charge in [-0.2, -0.15) is 0 Å². The van der Waals surface area contributed by atoms with Crippen molar-refractivity contribution >= 4 is 17.6 Å². The Bertz CT molecular complexity index is 570. The molecule has 3 N–H and O–H groups in total. The lowest BCUT2D eigenvalue weighted by Crippen LogP contribution is -2.53. The number of hydrogen-bond acceptors (Lipinski definition) is 3. The molecule has 2 aliphatic rings. The lowest BCUT2D eigenvalue weighted by Gasteiger charge is -2.37. The van der Waals surface area contributed by atoms with E-state index >= 15 is 0 Å². The zero-order valence-corrected chi connectivity index (χ0v) is 14.0. The van der Waals surface area contributed by atoms with Crippen molar-refractivity contribution in [2.45, 2.75) is 31.7 Å². The van der Waals surface area contributed by atoms with Crippen molar-refractivity contribution in [1.29, 1.82) is 0 Å². The molecule has 0 saturated carbocycles. The first-order valence-electron chi connectivity index (χ1n) is 8.78. The van der Waals surface area contributed by atoms with Crippen LogP contribution in [0.2, 0.25) is 0 Å². The van der Waals surface area contributed by atoms with Gasteiger partial charge >= 0.3 is 6.03 Å². The average molecular weight is 330 g/mol. The third-order valence-corrected chi connectivity index (χ3v) is 5.05. The lowest BCUT2D eigenvalue weighted by molar-refractivity contribution is -0.123. The van der Waals surface area contributed by atoms with Crippen molar-refractivity contribution in [3.63, 3.8) is 0 Å². The molecule has 1 aromatic carbocycles. The van der Waals surface area contributed by atoms with Crippen LogP contribution in [-0.2, 0) is 4.79 Å². The van der Waals surface area contributed by atoms with Gasteiger partial charge in [-0.05, 0) is 37.8 Å². The van der Waals surface area contributed by atoms with Gasteiger partial charge < -0.3 is 20.9 Å². The molecule has 2 fully saturated rings. The molecule has 3 amide bonds. The maximum absolute atomic E-state index is 12.5. The van der Waals surface area contributed by atoms with Crippen LogP contribution in [0.1, 0.15) is 25.7 Å². The third kappa shape index (κ3) is 3.99. The molecule has 0 radical (unpaired) electrons. The molecule has 0 aromatic heterocycles. The van der Waals surface area contributed by atoms with E-state index in [1.54, 1.807) is 4.90 Å². The van der Waals surface area contributed by atoms with Crippen molar-refractivity contribution < 1.29 is 9.59 Å². The number of carbonyl (C=O) groups excluding carboxylic acids is 2. The third-order valence-electron chi connectivity index (χ3n) is 5.05. The minimum Gasteiger partial charge on any atom is -0.369 e. The highest BCUT2D eigenvalue weighted by Crippen LogP contribution is 2.20. The smallest absolute Gasteiger partial charge is 0.317 e. The van der Waals surface area contributed by atoms with E-state index in [4.69, 9.17) is 5.73 Å². The number of nitrogens with zero attached hydrogens (tertiary/aromatic N) is 2. The van der Waals surface area contributed by atoms with E-state index in [2.05, 4.69) is 22.3 Å². The Morgan fingerprint density at radius 1 is 1.04 bits per heavy atom. The molecule has 1 atom stereocenters. The number of primary amides is 1. The summed E-state index contributed by atoms with van der Waals surface area (Å²) in [6.07, 6.45) is 3.42. The van der Waals surface area contributed by atoms with Crippen molar-refractivity contribution in [2.24, 2.45) is 11.7 Å². The molecule has 3 rings (SSSR count). The molecule has 0 spiro atoms. The number of para-hydroxylation sites is 1. The van der Waals surface area contributed by atoms with Crippen LogP contribution in [0, 0.1) is 5.92 Å². The minimum absolute atomic E-state index is 0.0159. The van der Waals surface area contributed by atoms with Gasteiger partial charge in [0, 0.05) is 43.8 Å². The van der Waals surface area contributed by atoms with E-state index in [0.29, 0.717) is 25.9 Å². The quantitative estimate of drug-likeness (QED) is 0.883. The largest absolute Gasteiger partial charge is 0.369 e. The fraction of sp³-hybridized carbons (Fsp3) is 0.556. The highest BCUT2D eigenvalue weighted by atomic mass is 16.2. The Kier molecular flexibility index (Phi) is 5.23. The summed E-state index contributed by atoms with van der Waals surface area (Å²) in [6, 6.07) is 10.5. The Hall–Kier alpha value is -2.24. The molecule has 24 heavy (non-hydrogen) atoms. The van der Waals surface area contributed by atoms with Crippen LogP contribution in [0.15, 0.2) is 30.3 Å². The predicted octanol–water partition coefficient (Wildman–Crippen LogP) is 1.56. The van der Waals surface area contributed by atoms with E-state index in [1.807, 2.05) is 18.2 Å². The summed E-state index contributed by atoms with van der Waals surface area (Å²) < 4.78 is 0. The second-order valence-corrected chi connectivity index (χ2v) is 6.73. The maximum Gasteiger partial charge on any atom is 0.317 e. The van der Waals surface area contributed by atoms with Crippen LogP contribution in [0.5, 0.6) is 0 Å². The molecule has 0 aliphatic carbocycles. The van der Waals surface area contributed by atoms with Crippen LogP contribution in [0.4, 0.5) is 10.5 Å². The summed E-state index contributed by atoms with van der Waals surface area (Å²) in [5.74, 6) is -0.335. The zero-order valence-electron chi connectivity index (χ0n) is 14.0. The van der Waals surface area contributed by atoms with Gasteiger partial charge in [-0.25, -0.2) is 4.79 Å². The number of urea groups is 1. The summed E-state index contributed by atoms with van der Waals surface area (Å²) >= 11 is 0. The van der Waals surface area contributed by atoms with Crippen molar-refractivity contribution in [3.05, 3.63) is 30.3 Å². The first-order valence-corrected chi connectivity index (χ1v) is 8.78. The summed E-state index contributed by atoms with van der Waals surface area (Å²) in [7, 11) is 0. The standard InChI is InChI=1S/C18H26N4O2/c19-17(23)14-8-11-21(12-9-14)18(24)20-15-5-4-10-22(13-15)16-6-2-1-3-7-16/h1-3,6-7,14-15H,4-5,8-13H2,(H2,19,23)(H,20,24)/t15-/m1/s1. The number of benzene rings is 1. The molecule has 1 aromatic rings. The van der Waals surface area contributed by atoms with Gasteiger partial charge in [0.1, 0.15) is 0 Å². The topological polar surface area (TPSA) is 78.7 Å². The van der Waals surface area contributed by atoms with Gasteiger partial charge in [-0.3, -0.25) is 4.79 Å². The molecule has 2 saturated heterocycles. The Balaban J connectivity index is 1.50. The molecular weight excluding hydrogens is 304 g/mol. The molecule has 2 aliphatic heterocycles. The molecule has 0 bridgehead atoms. The fourth-order valence-corrected chi connectivity index (χ4v) is 3.60. The van der Waals surface area contributed by atoms with Crippen LogP contribution in [-0.4, -0.2) is 49.1 Å². The Labute approximate surface area is 143 Å². The first kappa shape index (κ1) is 16.6. The summed E-state index contributed by atoms with van der Waals surface area (Å²) in [4.78, 5) is 27.8. The predicted molar refractivity (Wildman–Crippen MR) is 93.7 cm³/mol. The molecular formula is C18H26N4O2. The number of piperidine rings is 2. The summed E-state index contributed by atoms with van der Waals surface area (Å²) in [5.41, 5.74) is 6.55. The van der Waals surface area contributed by atoms with E-state index < -0.39 is 0 Å². The number of hydrogen-bond donors (Lipinski definition) is 2. The van der Waals surface area contributed by atoms with Gasteiger partial charge in [0.2, 0.25) is 5.91 Å². The van der Waals surface area contributed by atoms with Crippen LogP contribution < -0.4 is 16.0 Å². The Morgan fingerprint density at radius 2 is 1.75 bits per heavy atom. The average Bonchev–Trinajstić information content (AvgIpc) is 2.63. The van der Waals surface area contributed by atoms with Crippen LogP contribution in [0.25, 0.3) is 0 Å². The molecule has 6 heteroatoms. The van der Waals surface area contributed by atoms with Crippen LogP contribution >= 0.6 is 0 Å². The Morgan fingerprint density at radius 3 is 2.42 bits per heavy atom. The second-order valence-electron chi connectivity index (χ2n) is 6.73. The van der Waals surface area contributed by atoms with E-state index in [-0.39, 0.29) is 23.9 Å². The van der Waals surface area contributed by atoms with E-state index in [1.165, 1.54) is 5.69 Å². The SMILES string of the molecule is NC(=O)C1CCN(C(=O)N[C@@H]2CCCN(c3ccccc3)C2)CC1.